The Morgan fingerprint density at radius 2 is 1.00 bits per heavy atom. The maximum atomic E-state index is 4.44. The van der Waals surface area contributed by atoms with Crippen molar-refractivity contribution in [2.75, 3.05) is 0 Å². The summed E-state index contributed by atoms with van der Waals surface area (Å²) in [5.41, 5.74) is 0. The molecule has 0 unspecified atom stereocenters. The molecule has 4 heteroatoms. The van der Waals surface area contributed by atoms with Crippen molar-refractivity contribution >= 4 is 29.8 Å². The van der Waals surface area contributed by atoms with E-state index < -0.39 is 11.4 Å². The molecular weight excluding hydrogens is 282 g/mol. The minimum absolute atomic E-state index is 1.71. The van der Waals surface area contributed by atoms with Crippen molar-refractivity contribution in [3.8, 4) is 0 Å². The van der Waals surface area contributed by atoms with E-state index in [9.17, 15) is 0 Å². The summed E-state index contributed by atoms with van der Waals surface area (Å²) in [6, 6.07) is 0. The number of hydrogen-bond donors (Lipinski definition) is 0. The molecule has 0 aromatic heterocycles. The van der Waals surface area contributed by atoms with Crippen LogP contribution in [0.25, 0.3) is 0 Å². The molecule has 0 spiro atoms. The van der Waals surface area contributed by atoms with E-state index >= 15 is 0 Å². The fourth-order valence-corrected chi connectivity index (χ4v) is 0. The summed E-state index contributed by atoms with van der Waals surface area (Å²) in [6.45, 7) is 0. The van der Waals surface area contributed by atoms with Gasteiger partial charge in [-0.2, -0.15) is 0 Å². The predicted octanol–water partition coefficient (Wildman–Crippen LogP) is 1.94. The molecule has 0 aliphatic heterocycles. The van der Waals surface area contributed by atoms with Crippen LogP contribution in [0.15, 0.2) is 0 Å². The van der Waals surface area contributed by atoms with Gasteiger partial charge >= 0.3 is 41.2 Å². The van der Waals surface area contributed by atoms with Gasteiger partial charge in [0.2, 0.25) is 0 Å². The number of hydrogen-bond acceptors (Lipinski definition) is 3. The molecule has 0 atom stereocenters. The molecule has 0 bridgehead atoms. The predicted molar refractivity (Wildman–Crippen MR) is 22.8 cm³/mol. The van der Waals surface area contributed by atoms with Crippen molar-refractivity contribution in [2.24, 2.45) is 0 Å². The van der Waals surface area contributed by atoms with Gasteiger partial charge in [-0.1, -0.05) is 0 Å². The average Bonchev–Trinajstić information content (AvgIpc) is 0.811. The molecule has 0 nitrogen and oxygen atoms in total. The molecule has 0 amide bonds. The van der Waals surface area contributed by atoms with E-state index in [-0.39, 0.29) is 0 Å². The van der Waals surface area contributed by atoms with Crippen molar-refractivity contribution in [2.45, 2.75) is 0 Å². The van der Waals surface area contributed by atoms with Crippen LogP contribution in [0.3, 0.4) is 0 Å². The molecular formula is ReS3. The standard InChI is InChI=1S/Re.3S. The summed E-state index contributed by atoms with van der Waals surface area (Å²) in [6.07, 6.45) is 0. The van der Waals surface area contributed by atoms with Crippen molar-refractivity contribution in [1.29, 1.82) is 0 Å². The molecule has 0 rings (SSSR count). The second-order valence-corrected chi connectivity index (χ2v) is 13.9. The maximum absolute atomic E-state index is 4.44. The Bertz CT molecular complexity index is 72.7. The van der Waals surface area contributed by atoms with Gasteiger partial charge in [-0.3, -0.25) is 0 Å². The summed E-state index contributed by atoms with van der Waals surface area (Å²) in [4.78, 5) is 0. The first-order valence-corrected chi connectivity index (χ1v) is 11.4. The monoisotopic (exact) mass is 283 g/mol. The molecule has 0 aliphatic rings. The zero-order valence-electron chi connectivity index (χ0n) is 1.60. The van der Waals surface area contributed by atoms with Gasteiger partial charge in [-0.05, 0) is 0 Å². The third-order valence-corrected chi connectivity index (χ3v) is 0. The fraction of sp³-hybridized carbons (Fsp3) is 0. The van der Waals surface area contributed by atoms with Crippen LogP contribution in [0.1, 0.15) is 0 Å². The Labute approximate surface area is 41.0 Å². The summed E-state index contributed by atoms with van der Waals surface area (Å²) < 4.78 is 0. The van der Waals surface area contributed by atoms with E-state index in [1.54, 1.807) is 0 Å². The van der Waals surface area contributed by atoms with Gasteiger partial charge in [-0.15, -0.1) is 0 Å². The Kier molecular flexibility index (Phi) is 3.40. The molecule has 0 fully saturated rings. The van der Waals surface area contributed by atoms with Gasteiger partial charge in [-0.25, -0.2) is 0 Å². The second kappa shape index (κ2) is 2.55. The van der Waals surface area contributed by atoms with E-state index in [1.165, 1.54) is 0 Å². The molecule has 0 radical (unpaired) electrons. The first-order chi connectivity index (χ1) is 1.73. The molecule has 0 aromatic rings. The van der Waals surface area contributed by atoms with E-state index in [0.717, 1.165) is 0 Å². The zero-order valence-corrected chi connectivity index (χ0v) is 6.77. The van der Waals surface area contributed by atoms with Crippen molar-refractivity contribution < 1.29 is 11.4 Å². The first-order valence-electron chi connectivity index (χ1n) is 0.463. The van der Waals surface area contributed by atoms with E-state index in [2.05, 4.69) is 29.8 Å². The van der Waals surface area contributed by atoms with E-state index in [1.807, 2.05) is 0 Å². The van der Waals surface area contributed by atoms with Crippen molar-refractivity contribution in [3.63, 3.8) is 0 Å². The van der Waals surface area contributed by atoms with Crippen LogP contribution >= 0.6 is 29.8 Å². The molecule has 0 saturated carbocycles. The third kappa shape index (κ3) is 10.2. The van der Waals surface area contributed by atoms with Crippen LogP contribution < -0.4 is 0 Å². The quantitative estimate of drug-likeness (QED) is 0.666. The van der Waals surface area contributed by atoms with Gasteiger partial charge in [0, 0.05) is 0 Å². The van der Waals surface area contributed by atoms with Gasteiger partial charge in [0.15, 0.2) is 0 Å². The summed E-state index contributed by atoms with van der Waals surface area (Å²) >= 11 is -1.71. The van der Waals surface area contributed by atoms with Crippen LogP contribution in [0.2, 0.25) is 0 Å². The topological polar surface area (TPSA) is 0 Å². The molecule has 0 heterocycles. The second-order valence-electron chi connectivity index (χ2n) is 0.189. The van der Waals surface area contributed by atoms with Gasteiger partial charge in [0.25, 0.3) is 0 Å². The molecule has 0 aliphatic carbocycles. The van der Waals surface area contributed by atoms with Crippen LogP contribution in [0.4, 0.5) is 0 Å². The van der Waals surface area contributed by atoms with Gasteiger partial charge in [0.05, 0.1) is 0 Å². The Hall–Kier alpha value is 1.32. The van der Waals surface area contributed by atoms with E-state index in [0.29, 0.717) is 0 Å². The summed E-state index contributed by atoms with van der Waals surface area (Å²) in [5, 5.41) is 0. The van der Waals surface area contributed by atoms with Crippen LogP contribution in [-0.2, 0) is 11.4 Å². The van der Waals surface area contributed by atoms with Gasteiger partial charge in [0.1, 0.15) is 0 Å². The molecule has 0 aromatic carbocycles. The zero-order chi connectivity index (χ0) is 3.58. The fourth-order valence-electron chi connectivity index (χ4n) is 0. The Balaban J connectivity index is 4.65. The van der Waals surface area contributed by atoms with Crippen LogP contribution in [0.5, 0.6) is 0 Å². The van der Waals surface area contributed by atoms with Crippen LogP contribution in [-0.4, -0.2) is 0 Å². The number of rotatable bonds is 0. The Morgan fingerprint density at radius 1 is 1.00 bits per heavy atom. The normalized spacial score (nSPS) is 6.00. The minimum atomic E-state index is -1.71. The average molecular weight is 282 g/mol. The first kappa shape index (κ1) is 5.32. The van der Waals surface area contributed by atoms with Crippen molar-refractivity contribution in [1.82, 2.24) is 0 Å². The molecule has 4 heavy (non-hydrogen) atoms. The van der Waals surface area contributed by atoms with Crippen molar-refractivity contribution in [3.05, 3.63) is 0 Å². The summed E-state index contributed by atoms with van der Waals surface area (Å²) in [7, 11) is 13.3. The molecule has 0 saturated heterocycles. The Morgan fingerprint density at radius 3 is 1.00 bits per heavy atom. The molecule has 0 N–H and O–H groups in total. The SMILES string of the molecule is [S]=[Re](=[S])=[S]. The van der Waals surface area contributed by atoms with Crippen LogP contribution in [0, 0.1) is 0 Å². The van der Waals surface area contributed by atoms with Gasteiger partial charge < -0.3 is 0 Å². The molecule has 25 valence electrons. The third-order valence-electron chi connectivity index (χ3n) is 0. The summed E-state index contributed by atoms with van der Waals surface area (Å²) in [5.74, 6) is 0. The van der Waals surface area contributed by atoms with E-state index in [4.69, 9.17) is 0 Å².